The van der Waals surface area contributed by atoms with Gasteiger partial charge >= 0.3 is 0 Å². The van der Waals surface area contributed by atoms with Crippen molar-refractivity contribution >= 4 is 5.91 Å². The molecule has 0 N–H and O–H groups in total. The van der Waals surface area contributed by atoms with Crippen molar-refractivity contribution < 1.29 is 4.79 Å². The first kappa shape index (κ1) is 11.4. The average Bonchev–Trinajstić information content (AvgIpc) is 2.83. The number of aromatic nitrogens is 4. The van der Waals surface area contributed by atoms with Gasteiger partial charge in [-0.3, -0.25) is 14.2 Å². The average molecular weight is 233 g/mol. The first-order valence-corrected chi connectivity index (χ1v) is 5.23. The van der Waals surface area contributed by atoms with E-state index in [1.807, 2.05) is 13.2 Å². The smallest absolute Gasteiger partial charge is 0.257 e. The lowest BCUT2D eigenvalue weighted by molar-refractivity contribution is 0.0828. The molecule has 0 aromatic carbocycles. The Kier molecular flexibility index (Phi) is 2.71. The standard InChI is InChI=1S/C11H15N5O/c1-14(2)11(17)9-7-16(4)13-10(9)8-5-12-15(3)6-8/h5-7H,1-4H3. The highest BCUT2D eigenvalue weighted by Crippen LogP contribution is 2.21. The predicted octanol–water partition coefficient (Wildman–Crippen LogP) is 0.522. The van der Waals surface area contributed by atoms with Crippen molar-refractivity contribution in [2.45, 2.75) is 0 Å². The molecule has 0 spiro atoms. The van der Waals surface area contributed by atoms with Crippen molar-refractivity contribution in [1.82, 2.24) is 24.5 Å². The monoisotopic (exact) mass is 233 g/mol. The summed E-state index contributed by atoms with van der Waals surface area (Å²) >= 11 is 0. The fourth-order valence-corrected chi connectivity index (χ4v) is 1.64. The molecule has 6 nitrogen and oxygen atoms in total. The maximum absolute atomic E-state index is 12.0. The van der Waals surface area contributed by atoms with Gasteiger partial charge in [0.05, 0.1) is 11.8 Å². The van der Waals surface area contributed by atoms with Gasteiger partial charge in [0.25, 0.3) is 5.91 Å². The van der Waals surface area contributed by atoms with E-state index in [1.165, 1.54) is 4.90 Å². The molecule has 2 aromatic heterocycles. The fraction of sp³-hybridized carbons (Fsp3) is 0.364. The Balaban J connectivity index is 2.51. The predicted molar refractivity (Wildman–Crippen MR) is 63.4 cm³/mol. The number of aryl methyl sites for hydroxylation is 2. The van der Waals surface area contributed by atoms with E-state index in [0.717, 1.165) is 5.56 Å². The molecule has 2 heterocycles. The normalized spacial score (nSPS) is 10.6. The molecule has 0 aliphatic heterocycles. The molecule has 0 aliphatic rings. The zero-order valence-electron chi connectivity index (χ0n) is 10.4. The second kappa shape index (κ2) is 4.04. The summed E-state index contributed by atoms with van der Waals surface area (Å²) in [5.74, 6) is -0.0584. The molecule has 0 bridgehead atoms. The van der Waals surface area contributed by atoms with Gasteiger partial charge in [0.1, 0.15) is 5.69 Å². The minimum absolute atomic E-state index is 0.0584. The van der Waals surface area contributed by atoms with E-state index in [4.69, 9.17) is 0 Å². The van der Waals surface area contributed by atoms with Gasteiger partial charge in [-0.15, -0.1) is 0 Å². The Bertz CT molecular complexity index is 552. The van der Waals surface area contributed by atoms with Gasteiger partial charge in [-0.1, -0.05) is 0 Å². The summed E-state index contributed by atoms with van der Waals surface area (Å²) in [5.41, 5.74) is 2.10. The second-order valence-corrected chi connectivity index (χ2v) is 4.17. The van der Waals surface area contributed by atoms with E-state index in [-0.39, 0.29) is 5.91 Å². The van der Waals surface area contributed by atoms with Gasteiger partial charge in [-0.05, 0) is 0 Å². The van der Waals surface area contributed by atoms with E-state index < -0.39 is 0 Å². The van der Waals surface area contributed by atoms with Crippen LogP contribution in [0.3, 0.4) is 0 Å². The van der Waals surface area contributed by atoms with Gasteiger partial charge < -0.3 is 4.90 Å². The fourth-order valence-electron chi connectivity index (χ4n) is 1.64. The molecule has 0 unspecified atom stereocenters. The van der Waals surface area contributed by atoms with Crippen molar-refractivity contribution in [3.8, 4) is 11.3 Å². The summed E-state index contributed by atoms with van der Waals surface area (Å²) in [4.78, 5) is 13.5. The molecule has 2 rings (SSSR count). The zero-order valence-corrected chi connectivity index (χ0v) is 10.4. The number of amides is 1. The molecule has 0 saturated carbocycles. The van der Waals surface area contributed by atoms with Gasteiger partial charge in [-0.2, -0.15) is 10.2 Å². The molecule has 90 valence electrons. The Morgan fingerprint density at radius 2 is 1.94 bits per heavy atom. The lowest BCUT2D eigenvalue weighted by Gasteiger charge is -2.08. The number of rotatable bonds is 2. The van der Waals surface area contributed by atoms with Crippen LogP contribution in [0.15, 0.2) is 18.6 Å². The summed E-state index contributed by atoms with van der Waals surface area (Å²) in [7, 11) is 7.08. The third-order valence-corrected chi connectivity index (χ3v) is 2.44. The van der Waals surface area contributed by atoms with Crippen LogP contribution in [0.4, 0.5) is 0 Å². The molecule has 17 heavy (non-hydrogen) atoms. The van der Waals surface area contributed by atoms with Crippen LogP contribution in [0.1, 0.15) is 10.4 Å². The Labute approximate surface area is 99.4 Å². The van der Waals surface area contributed by atoms with Crippen LogP contribution in [-0.4, -0.2) is 44.5 Å². The summed E-state index contributed by atoms with van der Waals surface area (Å²) in [6.07, 6.45) is 5.27. The third-order valence-electron chi connectivity index (χ3n) is 2.44. The molecule has 1 amide bonds. The van der Waals surface area contributed by atoms with Crippen LogP contribution in [-0.2, 0) is 14.1 Å². The van der Waals surface area contributed by atoms with Crippen LogP contribution < -0.4 is 0 Å². The lowest BCUT2D eigenvalue weighted by Crippen LogP contribution is -2.21. The number of hydrogen-bond donors (Lipinski definition) is 0. The summed E-state index contributed by atoms with van der Waals surface area (Å²) < 4.78 is 3.33. The topological polar surface area (TPSA) is 56.0 Å². The van der Waals surface area contributed by atoms with Crippen molar-refractivity contribution in [1.29, 1.82) is 0 Å². The van der Waals surface area contributed by atoms with E-state index in [1.54, 1.807) is 42.9 Å². The van der Waals surface area contributed by atoms with Gasteiger partial charge in [0.2, 0.25) is 0 Å². The van der Waals surface area contributed by atoms with Crippen LogP contribution in [0.2, 0.25) is 0 Å². The summed E-state index contributed by atoms with van der Waals surface area (Å²) in [6.45, 7) is 0. The van der Waals surface area contributed by atoms with E-state index in [9.17, 15) is 4.79 Å². The molecular formula is C11H15N5O. The van der Waals surface area contributed by atoms with Gasteiger partial charge in [0, 0.05) is 46.1 Å². The highest BCUT2D eigenvalue weighted by molar-refractivity contribution is 5.99. The molecule has 2 aromatic rings. The largest absolute Gasteiger partial charge is 0.345 e. The zero-order chi connectivity index (χ0) is 12.6. The van der Waals surface area contributed by atoms with Crippen molar-refractivity contribution in [3.05, 3.63) is 24.2 Å². The summed E-state index contributed by atoms with van der Waals surface area (Å²) in [6, 6.07) is 0. The maximum Gasteiger partial charge on any atom is 0.257 e. The van der Waals surface area contributed by atoms with E-state index >= 15 is 0 Å². The number of hydrogen-bond acceptors (Lipinski definition) is 3. The van der Waals surface area contributed by atoms with Crippen molar-refractivity contribution in [2.24, 2.45) is 14.1 Å². The first-order valence-electron chi connectivity index (χ1n) is 5.23. The van der Waals surface area contributed by atoms with Crippen molar-refractivity contribution in [3.63, 3.8) is 0 Å². The van der Waals surface area contributed by atoms with Crippen LogP contribution in [0, 0.1) is 0 Å². The lowest BCUT2D eigenvalue weighted by atomic mass is 10.1. The van der Waals surface area contributed by atoms with Crippen LogP contribution in [0.5, 0.6) is 0 Å². The maximum atomic E-state index is 12.0. The molecule has 0 aliphatic carbocycles. The molecule has 6 heteroatoms. The Morgan fingerprint density at radius 1 is 1.24 bits per heavy atom. The SMILES string of the molecule is CN(C)C(=O)c1cn(C)nc1-c1cnn(C)c1. The van der Waals surface area contributed by atoms with Gasteiger partial charge in [-0.25, -0.2) is 0 Å². The molecule has 0 saturated heterocycles. The minimum Gasteiger partial charge on any atom is -0.345 e. The summed E-state index contributed by atoms with van der Waals surface area (Å²) in [5, 5.41) is 8.40. The first-order chi connectivity index (χ1) is 7.99. The number of carbonyl (C=O) groups is 1. The van der Waals surface area contributed by atoms with E-state index in [2.05, 4.69) is 10.2 Å². The Morgan fingerprint density at radius 3 is 2.47 bits per heavy atom. The molecular weight excluding hydrogens is 218 g/mol. The minimum atomic E-state index is -0.0584. The molecule has 0 fully saturated rings. The van der Waals surface area contributed by atoms with Crippen LogP contribution in [0.25, 0.3) is 11.3 Å². The second-order valence-electron chi connectivity index (χ2n) is 4.17. The Hall–Kier alpha value is -2.11. The quantitative estimate of drug-likeness (QED) is 0.760. The molecule has 0 atom stereocenters. The highest BCUT2D eigenvalue weighted by atomic mass is 16.2. The van der Waals surface area contributed by atoms with Crippen molar-refractivity contribution in [2.75, 3.05) is 14.1 Å². The number of carbonyl (C=O) groups excluding carboxylic acids is 1. The third kappa shape index (κ3) is 2.06. The number of nitrogens with zero attached hydrogens (tertiary/aromatic N) is 5. The molecule has 0 radical (unpaired) electrons. The highest BCUT2D eigenvalue weighted by Gasteiger charge is 2.19. The van der Waals surface area contributed by atoms with Gasteiger partial charge in [0.15, 0.2) is 0 Å². The van der Waals surface area contributed by atoms with Crippen LogP contribution >= 0.6 is 0 Å². The van der Waals surface area contributed by atoms with E-state index in [0.29, 0.717) is 11.3 Å².